The van der Waals surface area contributed by atoms with Crippen LogP contribution in [-0.2, 0) is 0 Å². The normalized spacial score (nSPS) is 10.4. The van der Waals surface area contributed by atoms with Crippen molar-refractivity contribution >= 4 is 21.7 Å². The second kappa shape index (κ2) is 3.99. The Morgan fingerprint density at radius 1 is 1.29 bits per heavy atom. The van der Waals surface area contributed by atoms with Crippen LogP contribution in [0.3, 0.4) is 0 Å². The van der Waals surface area contributed by atoms with Crippen molar-refractivity contribution in [2.45, 2.75) is 25.3 Å². The van der Waals surface area contributed by atoms with Crippen molar-refractivity contribution < 1.29 is 12.4 Å². The molecular formula is C5H11ClMg. The SMILES string of the molecule is CC(C)(C)[CH2][Mg+].[Cl-]. The largest absolute Gasteiger partial charge is 1.00 e. The molecule has 0 aromatic rings. The molecule has 0 aromatic carbocycles. The van der Waals surface area contributed by atoms with Crippen molar-refractivity contribution in [2.75, 3.05) is 0 Å². The topological polar surface area (TPSA) is 0 Å². The fraction of sp³-hybridized carbons (Fsp3) is 1.00. The number of hydrogen-bond donors (Lipinski definition) is 0. The molecule has 0 fully saturated rings. The molecule has 0 atom stereocenters. The molecule has 0 saturated heterocycles. The van der Waals surface area contributed by atoms with Crippen LogP contribution < -0.4 is 12.4 Å². The summed E-state index contributed by atoms with van der Waals surface area (Å²) in [7, 11) is 0. The first kappa shape index (κ1) is 10.9. The molecule has 0 unspecified atom stereocenters. The van der Waals surface area contributed by atoms with E-state index in [0.717, 1.165) is 0 Å². The molecule has 0 spiro atoms. The van der Waals surface area contributed by atoms with Crippen LogP contribution in [0.2, 0.25) is 4.55 Å². The van der Waals surface area contributed by atoms with Crippen molar-refractivity contribution in [1.29, 1.82) is 0 Å². The van der Waals surface area contributed by atoms with Gasteiger partial charge in [-0.05, 0) is 0 Å². The minimum absolute atomic E-state index is 0. The molecule has 0 bridgehead atoms. The predicted octanol–water partition coefficient (Wildman–Crippen LogP) is -1.38. The molecule has 2 heteroatoms. The van der Waals surface area contributed by atoms with Crippen LogP contribution in [0.1, 0.15) is 20.8 Å². The van der Waals surface area contributed by atoms with Gasteiger partial charge in [-0.25, -0.2) is 0 Å². The maximum absolute atomic E-state index is 2.25. The Morgan fingerprint density at radius 2 is 1.43 bits per heavy atom. The van der Waals surface area contributed by atoms with E-state index in [9.17, 15) is 0 Å². The minimum atomic E-state index is 0. The van der Waals surface area contributed by atoms with E-state index < -0.39 is 0 Å². The molecule has 0 aliphatic carbocycles. The molecule has 0 aliphatic rings. The first-order valence-electron chi connectivity index (χ1n) is 2.35. The number of halogens is 1. The van der Waals surface area contributed by atoms with Crippen LogP contribution in [0.5, 0.6) is 0 Å². The summed E-state index contributed by atoms with van der Waals surface area (Å²) in [4.78, 5) is 0. The van der Waals surface area contributed by atoms with Crippen LogP contribution in [0.4, 0.5) is 0 Å². The van der Waals surface area contributed by atoms with Crippen LogP contribution in [0, 0.1) is 5.41 Å². The summed E-state index contributed by atoms with van der Waals surface area (Å²) in [6.07, 6.45) is 0. The molecule has 0 rings (SSSR count). The van der Waals surface area contributed by atoms with E-state index in [1.54, 1.807) is 0 Å². The molecule has 0 amide bonds. The summed E-state index contributed by atoms with van der Waals surface area (Å²) in [5.41, 5.74) is 0.554. The molecule has 0 nitrogen and oxygen atoms in total. The molecule has 7 heavy (non-hydrogen) atoms. The summed E-state index contributed by atoms with van der Waals surface area (Å²) in [6.45, 7) is 6.75. The van der Waals surface area contributed by atoms with Gasteiger partial charge in [0.25, 0.3) is 0 Å². The zero-order valence-electron chi connectivity index (χ0n) is 5.29. The average molecular weight is 131 g/mol. The van der Waals surface area contributed by atoms with E-state index in [2.05, 4.69) is 20.8 Å². The summed E-state index contributed by atoms with van der Waals surface area (Å²) >= 11 is 2.04. The van der Waals surface area contributed by atoms with Gasteiger partial charge in [-0.1, -0.05) is 0 Å². The fourth-order valence-corrected chi connectivity index (χ4v) is 0. The summed E-state index contributed by atoms with van der Waals surface area (Å²) < 4.78 is 1.30. The van der Waals surface area contributed by atoms with Gasteiger partial charge in [0, 0.05) is 0 Å². The minimum Gasteiger partial charge on any atom is -1.00 e. The van der Waals surface area contributed by atoms with Crippen LogP contribution in [-0.4, -0.2) is 21.7 Å². The summed E-state index contributed by atoms with van der Waals surface area (Å²) in [5, 5.41) is 0. The maximum Gasteiger partial charge on any atom is -1.00 e. The van der Waals surface area contributed by atoms with E-state index in [1.165, 1.54) is 4.55 Å². The molecule has 0 heterocycles. The Kier molecular flexibility index (Phi) is 6.23. The van der Waals surface area contributed by atoms with Crippen molar-refractivity contribution in [2.24, 2.45) is 5.41 Å². The second-order valence-electron chi connectivity index (χ2n) is 2.81. The Labute approximate surface area is 64.9 Å². The third-order valence-corrected chi connectivity index (χ3v) is 2.25. The second-order valence-corrected chi connectivity index (χ2v) is 3.31. The first-order chi connectivity index (χ1) is 2.56. The molecule has 0 aromatic heterocycles. The van der Waals surface area contributed by atoms with E-state index in [1.807, 2.05) is 21.7 Å². The standard InChI is InChI=1S/C5H11.ClH.Mg/c1-5(2,3)4;;/h1H2,2-4H3;1H;/q;;+1/p-1. The fourth-order valence-electron chi connectivity index (χ4n) is 0. The average Bonchev–Trinajstić information content (AvgIpc) is 1.35. The number of rotatable bonds is 0. The van der Waals surface area contributed by atoms with Gasteiger partial charge in [0.2, 0.25) is 0 Å². The van der Waals surface area contributed by atoms with Gasteiger partial charge in [-0.2, -0.15) is 0 Å². The summed E-state index contributed by atoms with van der Waals surface area (Å²) in [5.74, 6) is 0. The van der Waals surface area contributed by atoms with Gasteiger partial charge >= 0.3 is 52.4 Å². The van der Waals surface area contributed by atoms with E-state index >= 15 is 0 Å². The van der Waals surface area contributed by atoms with E-state index in [4.69, 9.17) is 0 Å². The van der Waals surface area contributed by atoms with Crippen molar-refractivity contribution in [3.05, 3.63) is 0 Å². The Hall–Kier alpha value is 1.06. The van der Waals surface area contributed by atoms with Crippen LogP contribution in [0.25, 0.3) is 0 Å². The van der Waals surface area contributed by atoms with Crippen molar-refractivity contribution in [3.8, 4) is 0 Å². The summed E-state index contributed by atoms with van der Waals surface area (Å²) in [6, 6.07) is 0. The van der Waals surface area contributed by atoms with Crippen molar-refractivity contribution in [1.82, 2.24) is 0 Å². The first-order valence-corrected chi connectivity index (χ1v) is 3.35. The Morgan fingerprint density at radius 3 is 1.43 bits per heavy atom. The Bertz CT molecular complexity index is 37.8. The molecule has 0 N–H and O–H groups in total. The van der Waals surface area contributed by atoms with E-state index in [0.29, 0.717) is 5.41 Å². The van der Waals surface area contributed by atoms with Gasteiger partial charge < -0.3 is 12.4 Å². The third kappa shape index (κ3) is 11.0. The number of hydrogen-bond acceptors (Lipinski definition) is 0. The van der Waals surface area contributed by atoms with E-state index in [-0.39, 0.29) is 12.4 Å². The monoisotopic (exact) mass is 130 g/mol. The molecular weight excluding hydrogens is 120 g/mol. The quantitative estimate of drug-likeness (QED) is 0.355. The Balaban J connectivity index is 0. The molecule has 0 aliphatic heterocycles. The third-order valence-electron chi connectivity index (χ3n) is 0.750. The van der Waals surface area contributed by atoms with Gasteiger partial charge in [-0.3, -0.25) is 0 Å². The molecule has 0 saturated carbocycles. The van der Waals surface area contributed by atoms with Gasteiger partial charge in [0.1, 0.15) is 0 Å². The van der Waals surface area contributed by atoms with Crippen molar-refractivity contribution in [3.63, 3.8) is 0 Å². The molecule has 40 valence electrons. The van der Waals surface area contributed by atoms with Gasteiger partial charge in [-0.15, -0.1) is 0 Å². The maximum atomic E-state index is 2.25. The smallest absolute Gasteiger partial charge is 1.00 e. The zero-order chi connectivity index (χ0) is 5.21. The molecule has 0 radical (unpaired) electrons. The van der Waals surface area contributed by atoms with Crippen LogP contribution in [0.15, 0.2) is 0 Å². The zero-order valence-corrected chi connectivity index (χ0v) is 7.46. The predicted molar refractivity (Wildman–Crippen MR) is 30.0 cm³/mol. The van der Waals surface area contributed by atoms with Gasteiger partial charge in [0.15, 0.2) is 0 Å². The van der Waals surface area contributed by atoms with Crippen LogP contribution >= 0.6 is 0 Å². The van der Waals surface area contributed by atoms with Gasteiger partial charge in [0.05, 0.1) is 0 Å².